The van der Waals surface area contributed by atoms with Gasteiger partial charge in [0.25, 0.3) is 5.91 Å². The zero-order valence-corrected chi connectivity index (χ0v) is 11.7. The summed E-state index contributed by atoms with van der Waals surface area (Å²) in [5, 5.41) is 11.7. The van der Waals surface area contributed by atoms with Crippen molar-refractivity contribution < 1.29 is 19.4 Å². The predicted octanol–water partition coefficient (Wildman–Crippen LogP) is 1.78. The second kappa shape index (κ2) is 5.85. The Morgan fingerprint density at radius 1 is 1.29 bits per heavy atom. The first-order chi connectivity index (χ1) is 10.1. The fraction of sp³-hybridized carbons (Fsp3) is 0.500. The van der Waals surface area contributed by atoms with Crippen LogP contribution in [0.15, 0.2) is 24.3 Å². The Morgan fingerprint density at radius 2 is 2.10 bits per heavy atom. The summed E-state index contributed by atoms with van der Waals surface area (Å²) in [6.07, 6.45) is 2.04. The van der Waals surface area contributed by atoms with E-state index in [0.717, 1.165) is 18.6 Å². The van der Waals surface area contributed by atoms with Crippen LogP contribution in [0.4, 0.5) is 0 Å². The summed E-state index contributed by atoms with van der Waals surface area (Å²) in [6.45, 7) is 1.49. The van der Waals surface area contributed by atoms with E-state index >= 15 is 0 Å². The lowest BCUT2D eigenvalue weighted by molar-refractivity contribution is -0.145. The van der Waals surface area contributed by atoms with Crippen molar-refractivity contribution in [3.05, 3.63) is 35.4 Å². The van der Waals surface area contributed by atoms with E-state index in [-0.39, 0.29) is 17.9 Å². The van der Waals surface area contributed by atoms with E-state index in [2.05, 4.69) is 5.32 Å². The highest BCUT2D eigenvalue weighted by molar-refractivity contribution is 5.94. The third kappa shape index (κ3) is 3.08. The summed E-state index contributed by atoms with van der Waals surface area (Å²) in [5.74, 6) is -0.830. The molecule has 1 saturated heterocycles. The molecule has 1 heterocycles. The Balaban J connectivity index is 1.60. The number of carbonyl (C=O) groups excluding carboxylic acids is 1. The average Bonchev–Trinajstić information content (AvgIpc) is 2.96. The summed E-state index contributed by atoms with van der Waals surface area (Å²) >= 11 is 0. The number of rotatable bonds is 4. The molecule has 1 atom stereocenters. The van der Waals surface area contributed by atoms with Crippen molar-refractivity contribution in [1.82, 2.24) is 5.32 Å². The average molecular weight is 289 g/mol. The smallest absolute Gasteiger partial charge is 0.306 e. The van der Waals surface area contributed by atoms with Gasteiger partial charge in [0.15, 0.2) is 0 Å². The fourth-order valence-electron chi connectivity index (χ4n) is 2.94. The SMILES string of the molecule is O=C(NC1CC(C(=O)O)C1)c1cccc(C2CCOC2)c1. The van der Waals surface area contributed by atoms with Crippen molar-refractivity contribution in [1.29, 1.82) is 0 Å². The van der Waals surface area contributed by atoms with E-state index in [1.165, 1.54) is 0 Å². The van der Waals surface area contributed by atoms with E-state index in [1.807, 2.05) is 18.2 Å². The number of carbonyl (C=O) groups is 2. The summed E-state index contributed by atoms with van der Waals surface area (Å²) in [7, 11) is 0. The van der Waals surface area contributed by atoms with Crippen LogP contribution in [-0.4, -0.2) is 36.2 Å². The maximum atomic E-state index is 12.2. The molecule has 1 aromatic carbocycles. The normalized spacial score (nSPS) is 27.9. The van der Waals surface area contributed by atoms with Crippen LogP contribution in [0.2, 0.25) is 0 Å². The minimum atomic E-state index is -0.774. The highest BCUT2D eigenvalue weighted by Gasteiger charge is 2.35. The first-order valence-corrected chi connectivity index (χ1v) is 7.35. The largest absolute Gasteiger partial charge is 0.481 e. The number of hydrogen-bond acceptors (Lipinski definition) is 3. The molecule has 2 fully saturated rings. The number of benzene rings is 1. The zero-order valence-electron chi connectivity index (χ0n) is 11.7. The molecule has 2 aliphatic rings. The monoisotopic (exact) mass is 289 g/mol. The van der Waals surface area contributed by atoms with Crippen molar-refractivity contribution >= 4 is 11.9 Å². The van der Waals surface area contributed by atoms with Crippen LogP contribution in [0.1, 0.15) is 41.1 Å². The van der Waals surface area contributed by atoms with Gasteiger partial charge in [-0.15, -0.1) is 0 Å². The molecule has 3 rings (SSSR count). The van der Waals surface area contributed by atoms with Crippen molar-refractivity contribution in [3.8, 4) is 0 Å². The second-order valence-corrected chi connectivity index (χ2v) is 5.86. The lowest BCUT2D eigenvalue weighted by atomic mass is 9.80. The lowest BCUT2D eigenvalue weighted by Crippen LogP contribution is -2.46. The van der Waals surface area contributed by atoms with Gasteiger partial charge in [-0.2, -0.15) is 0 Å². The number of nitrogens with one attached hydrogen (secondary N) is 1. The van der Waals surface area contributed by atoms with Gasteiger partial charge >= 0.3 is 5.97 Å². The van der Waals surface area contributed by atoms with Gasteiger partial charge in [-0.05, 0) is 37.0 Å². The third-order valence-corrected chi connectivity index (χ3v) is 4.37. The summed E-state index contributed by atoms with van der Waals surface area (Å²) in [4.78, 5) is 23.0. The molecule has 21 heavy (non-hydrogen) atoms. The Bertz CT molecular complexity index is 545. The van der Waals surface area contributed by atoms with Crippen molar-refractivity contribution in [2.75, 3.05) is 13.2 Å². The van der Waals surface area contributed by atoms with E-state index in [9.17, 15) is 9.59 Å². The number of aliphatic carboxylic acids is 1. The number of amides is 1. The van der Waals surface area contributed by atoms with Crippen LogP contribution in [-0.2, 0) is 9.53 Å². The van der Waals surface area contributed by atoms with Gasteiger partial charge in [0.05, 0.1) is 12.5 Å². The van der Waals surface area contributed by atoms with Crippen molar-refractivity contribution in [3.63, 3.8) is 0 Å². The molecule has 0 aromatic heterocycles. The quantitative estimate of drug-likeness (QED) is 0.886. The molecule has 1 aliphatic heterocycles. The van der Waals surface area contributed by atoms with Crippen molar-refractivity contribution in [2.45, 2.75) is 31.2 Å². The van der Waals surface area contributed by atoms with Gasteiger partial charge in [-0.25, -0.2) is 0 Å². The molecule has 1 amide bonds. The Labute approximate surface area is 123 Å². The molecular weight excluding hydrogens is 270 g/mol. The maximum absolute atomic E-state index is 12.2. The summed E-state index contributed by atoms with van der Waals surface area (Å²) in [6, 6.07) is 7.62. The highest BCUT2D eigenvalue weighted by atomic mass is 16.5. The van der Waals surface area contributed by atoms with Gasteiger partial charge in [-0.1, -0.05) is 12.1 Å². The molecule has 0 radical (unpaired) electrons. The number of ether oxygens (including phenoxy) is 1. The molecule has 0 spiro atoms. The van der Waals surface area contributed by atoms with Crippen LogP contribution in [0.5, 0.6) is 0 Å². The van der Waals surface area contributed by atoms with Gasteiger partial charge in [-0.3, -0.25) is 9.59 Å². The zero-order chi connectivity index (χ0) is 14.8. The van der Waals surface area contributed by atoms with Crippen LogP contribution in [0.25, 0.3) is 0 Å². The molecule has 1 aliphatic carbocycles. The Hall–Kier alpha value is -1.88. The van der Waals surface area contributed by atoms with Crippen molar-refractivity contribution in [2.24, 2.45) is 5.92 Å². The third-order valence-electron chi connectivity index (χ3n) is 4.37. The fourth-order valence-corrected chi connectivity index (χ4v) is 2.94. The van der Waals surface area contributed by atoms with E-state index in [1.54, 1.807) is 6.07 Å². The highest BCUT2D eigenvalue weighted by Crippen LogP contribution is 2.28. The first kappa shape index (κ1) is 14.1. The first-order valence-electron chi connectivity index (χ1n) is 7.35. The minimum Gasteiger partial charge on any atom is -0.481 e. The molecule has 1 aromatic rings. The van der Waals surface area contributed by atoms with Crippen LogP contribution in [0, 0.1) is 5.92 Å². The Morgan fingerprint density at radius 3 is 2.76 bits per heavy atom. The molecule has 2 N–H and O–H groups in total. The van der Waals surface area contributed by atoms with Gasteiger partial charge in [0.1, 0.15) is 0 Å². The molecule has 112 valence electrons. The molecule has 5 heteroatoms. The van der Waals surface area contributed by atoms with Gasteiger partial charge in [0, 0.05) is 24.1 Å². The molecule has 0 bridgehead atoms. The topological polar surface area (TPSA) is 75.6 Å². The predicted molar refractivity (Wildman–Crippen MR) is 76.2 cm³/mol. The molecule has 5 nitrogen and oxygen atoms in total. The van der Waals surface area contributed by atoms with Crippen LogP contribution >= 0.6 is 0 Å². The number of carboxylic acids is 1. The number of hydrogen-bond donors (Lipinski definition) is 2. The van der Waals surface area contributed by atoms with E-state index in [0.29, 0.717) is 30.9 Å². The standard InChI is InChI=1S/C16H19NO4/c18-15(17-14-7-13(8-14)16(19)20)11-3-1-2-10(6-11)12-4-5-21-9-12/h1-3,6,12-14H,4-5,7-9H2,(H,17,18)(H,19,20). The summed E-state index contributed by atoms with van der Waals surface area (Å²) in [5.41, 5.74) is 1.77. The molecular formula is C16H19NO4. The molecule has 1 unspecified atom stereocenters. The molecule has 1 saturated carbocycles. The Kier molecular flexibility index (Phi) is 3.92. The van der Waals surface area contributed by atoms with E-state index < -0.39 is 5.97 Å². The van der Waals surface area contributed by atoms with Gasteiger partial charge in [0.2, 0.25) is 0 Å². The number of carboxylic acid groups (broad SMARTS) is 1. The second-order valence-electron chi connectivity index (χ2n) is 5.86. The summed E-state index contributed by atoms with van der Waals surface area (Å²) < 4.78 is 5.38. The maximum Gasteiger partial charge on any atom is 0.306 e. The van der Waals surface area contributed by atoms with Gasteiger partial charge < -0.3 is 15.2 Å². The van der Waals surface area contributed by atoms with E-state index in [4.69, 9.17) is 9.84 Å². The lowest BCUT2D eigenvalue weighted by Gasteiger charge is -2.32. The van der Waals surface area contributed by atoms with Crippen LogP contribution < -0.4 is 5.32 Å². The van der Waals surface area contributed by atoms with Crippen LogP contribution in [0.3, 0.4) is 0 Å². The minimum absolute atomic E-state index is 0.0166.